The highest BCUT2D eigenvalue weighted by atomic mass is 32.1. The highest BCUT2D eigenvalue weighted by Gasteiger charge is 2.19. The summed E-state index contributed by atoms with van der Waals surface area (Å²) in [6.07, 6.45) is 2.48. The summed E-state index contributed by atoms with van der Waals surface area (Å²) in [6.45, 7) is 3.53. The zero-order chi connectivity index (χ0) is 16.1. The van der Waals surface area contributed by atoms with Crippen LogP contribution in [0.25, 0.3) is 0 Å². The number of nitrogens with zero attached hydrogens (tertiary/aromatic N) is 2. The van der Waals surface area contributed by atoms with Gasteiger partial charge in [-0.2, -0.15) is 0 Å². The van der Waals surface area contributed by atoms with Crippen molar-refractivity contribution in [2.24, 2.45) is 0 Å². The molecule has 0 saturated carbocycles. The molecule has 1 unspecified atom stereocenters. The molecular weight excluding hydrogens is 313 g/mol. The second-order valence-electron chi connectivity index (χ2n) is 5.84. The second-order valence-corrected chi connectivity index (χ2v) is 6.78. The van der Waals surface area contributed by atoms with Gasteiger partial charge in [0.25, 0.3) is 0 Å². The van der Waals surface area contributed by atoms with Crippen molar-refractivity contribution in [3.63, 3.8) is 0 Å². The second kappa shape index (κ2) is 7.86. The third-order valence-corrected chi connectivity index (χ3v) is 4.95. The number of piperidine rings is 1. The number of likely N-dealkylation sites (tertiary alicyclic amines) is 1. The van der Waals surface area contributed by atoms with Crippen LogP contribution in [0.2, 0.25) is 0 Å². The van der Waals surface area contributed by atoms with E-state index in [1.54, 1.807) is 23.5 Å². The van der Waals surface area contributed by atoms with Crippen LogP contribution in [0, 0.1) is 5.82 Å². The maximum atomic E-state index is 12.9. The van der Waals surface area contributed by atoms with E-state index in [0.29, 0.717) is 18.4 Å². The number of halogens is 1. The van der Waals surface area contributed by atoms with Gasteiger partial charge in [0.1, 0.15) is 23.2 Å². The molecule has 1 atom stereocenters. The quantitative estimate of drug-likeness (QED) is 0.880. The summed E-state index contributed by atoms with van der Waals surface area (Å²) >= 11 is 1.61. The maximum Gasteiger partial charge on any atom is 0.140 e. The highest BCUT2D eigenvalue weighted by molar-refractivity contribution is 7.09. The molecule has 0 amide bonds. The third-order valence-electron chi connectivity index (χ3n) is 4.07. The van der Waals surface area contributed by atoms with E-state index in [0.717, 1.165) is 30.3 Å². The van der Waals surface area contributed by atoms with E-state index in [1.165, 1.54) is 25.0 Å². The van der Waals surface area contributed by atoms with Crippen molar-refractivity contribution in [2.45, 2.75) is 32.0 Å². The molecule has 1 fully saturated rings. The van der Waals surface area contributed by atoms with Crippen molar-refractivity contribution in [1.29, 1.82) is 0 Å². The average Bonchev–Trinajstić information content (AvgIpc) is 3.02. The fraction of sp³-hybridized carbons (Fsp3) is 0.471. The summed E-state index contributed by atoms with van der Waals surface area (Å²) in [4.78, 5) is 7.09. The van der Waals surface area contributed by atoms with Crippen LogP contribution in [0.1, 0.15) is 23.5 Å². The Hall–Kier alpha value is -1.50. The Bertz CT molecular complexity index is 617. The lowest BCUT2D eigenvalue weighted by Gasteiger charge is -2.31. The Labute approximate surface area is 140 Å². The molecule has 0 bridgehead atoms. The molecule has 1 aliphatic heterocycles. The van der Waals surface area contributed by atoms with Gasteiger partial charge in [-0.3, -0.25) is 4.90 Å². The maximum absolute atomic E-state index is 12.9. The number of nitrogens with one attached hydrogen (secondary N) is 1. The normalized spacial score (nSPS) is 19.0. The first kappa shape index (κ1) is 16.4. The van der Waals surface area contributed by atoms with E-state index in [-0.39, 0.29) is 5.82 Å². The molecule has 0 radical (unpaired) electrons. The molecule has 1 aromatic carbocycles. The van der Waals surface area contributed by atoms with E-state index in [1.807, 2.05) is 7.05 Å². The smallest absolute Gasteiger partial charge is 0.140 e. The SMILES string of the molecule is CNC1CCCN(Cc2csc(COc3ccc(F)cc3)n2)C1. The Balaban J connectivity index is 1.50. The van der Waals surface area contributed by atoms with Gasteiger partial charge >= 0.3 is 0 Å². The van der Waals surface area contributed by atoms with Crippen molar-refractivity contribution in [1.82, 2.24) is 15.2 Å². The Morgan fingerprint density at radius 2 is 2.22 bits per heavy atom. The molecule has 1 saturated heterocycles. The van der Waals surface area contributed by atoms with Gasteiger partial charge in [-0.05, 0) is 50.7 Å². The van der Waals surface area contributed by atoms with E-state index in [4.69, 9.17) is 4.74 Å². The number of hydrogen-bond acceptors (Lipinski definition) is 5. The van der Waals surface area contributed by atoms with Gasteiger partial charge in [0, 0.05) is 24.5 Å². The summed E-state index contributed by atoms with van der Waals surface area (Å²) < 4.78 is 18.5. The monoisotopic (exact) mass is 335 g/mol. The molecule has 1 N–H and O–H groups in total. The van der Waals surface area contributed by atoms with E-state index < -0.39 is 0 Å². The van der Waals surface area contributed by atoms with Crippen molar-refractivity contribution in [3.8, 4) is 5.75 Å². The summed E-state index contributed by atoms with van der Waals surface area (Å²) in [7, 11) is 2.03. The number of thiazole rings is 1. The van der Waals surface area contributed by atoms with Crippen molar-refractivity contribution >= 4 is 11.3 Å². The van der Waals surface area contributed by atoms with Crippen molar-refractivity contribution < 1.29 is 9.13 Å². The summed E-state index contributed by atoms with van der Waals surface area (Å²) in [5.74, 6) is 0.409. The third kappa shape index (κ3) is 4.73. The lowest BCUT2D eigenvalue weighted by atomic mass is 10.1. The number of likely N-dealkylation sites (N-methyl/N-ethyl adjacent to an activating group) is 1. The van der Waals surface area contributed by atoms with Gasteiger partial charge in [0.15, 0.2) is 0 Å². The molecule has 4 nitrogen and oxygen atoms in total. The summed E-state index contributed by atoms with van der Waals surface area (Å²) in [5, 5.41) is 6.42. The van der Waals surface area contributed by atoms with Crippen LogP contribution in [-0.4, -0.2) is 36.1 Å². The van der Waals surface area contributed by atoms with Gasteiger partial charge in [-0.15, -0.1) is 11.3 Å². The molecular formula is C17H22FN3OS. The van der Waals surface area contributed by atoms with E-state index in [9.17, 15) is 4.39 Å². The minimum Gasteiger partial charge on any atom is -0.486 e. The highest BCUT2D eigenvalue weighted by Crippen LogP contribution is 2.18. The van der Waals surface area contributed by atoms with Gasteiger partial charge in [0.05, 0.1) is 5.69 Å². The summed E-state index contributed by atoms with van der Waals surface area (Å²) in [6, 6.07) is 6.66. The van der Waals surface area contributed by atoms with Crippen LogP contribution >= 0.6 is 11.3 Å². The Morgan fingerprint density at radius 1 is 1.39 bits per heavy atom. The molecule has 3 rings (SSSR count). The molecule has 124 valence electrons. The predicted molar refractivity (Wildman–Crippen MR) is 90.2 cm³/mol. The van der Waals surface area contributed by atoms with Crippen LogP contribution in [0.4, 0.5) is 4.39 Å². The first-order chi connectivity index (χ1) is 11.2. The molecule has 2 aromatic rings. The largest absolute Gasteiger partial charge is 0.486 e. The minimum atomic E-state index is -0.254. The van der Waals surface area contributed by atoms with Crippen molar-refractivity contribution in [3.05, 3.63) is 46.2 Å². The Kier molecular flexibility index (Phi) is 5.59. The molecule has 23 heavy (non-hydrogen) atoms. The van der Waals surface area contributed by atoms with Gasteiger partial charge < -0.3 is 10.1 Å². The predicted octanol–water partition coefficient (Wildman–Crippen LogP) is 3.05. The van der Waals surface area contributed by atoms with Crippen LogP contribution in [-0.2, 0) is 13.2 Å². The fourth-order valence-electron chi connectivity index (χ4n) is 2.83. The molecule has 0 spiro atoms. The molecule has 1 aliphatic rings. The zero-order valence-electron chi connectivity index (χ0n) is 13.3. The van der Waals surface area contributed by atoms with Gasteiger partial charge in [-0.25, -0.2) is 9.37 Å². The zero-order valence-corrected chi connectivity index (χ0v) is 14.1. The van der Waals surface area contributed by atoms with Gasteiger partial charge in [0.2, 0.25) is 0 Å². The lowest BCUT2D eigenvalue weighted by molar-refractivity contribution is 0.186. The first-order valence-corrected chi connectivity index (χ1v) is 8.82. The summed E-state index contributed by atoms with van der Waals surface area (Å²) in [5.41, 5.74) is 1.10. The lowest BCUT2D eigenvalue weighted by Crippen LogP contribution is -2.43. The number of rotatable bonds is 6. The standard InChI is InChI=1S/C17H22FN3OS/c1-19-14-3-2-8-21(9-14)10-15-12-23-17(20-15)11-22-16-6-4-13(18)5-7-16/h4-7,12,14,19H,2-3,8-11H2,1H3. The number of hydrogen-bond donors (Lipinski definition) is 1. The van der Waals surface area contributed by atoms with E-state index >= 15 is 0 Å². The number of ether oxygens (including phenoxy) is 1. The number of aromatic nitrogens is 1. The van der Waals surface area contributed by atoms with Gasteiger partial charge in [-0.1, -0.05) is 0 Å². The molecule has 2 heterocycles. The topological polar surface area (TPSA) is 37.4 Å². The fourth-order valence-corrected chi connectivity index (χ4v) is 3.52. The van der Waals surface area contributed by atoms with Crippen LogP contribution in [0.3, 0.4) is 0 Å². The van der Waals surface area contributed by atoms with E-state index in [2.05, 4.69) is 20.6 Å². The van der Waals surface area contributed by atoms with Crippen LogP contribution < -0.4 is 10.1 Å². The number of benzene rings is 1. The molecule has 0 aliphatic carbocycles. The molecule has 1 aromatic heterocycles. The first-order valence-electron chi connectivity index (χ1n) is 7.94. The minimum absolute atomic E-state index is 0.254. The van der Waals surface area contributed by atoms with Crippen LogP contribution in [0.15, 0.2) is 29.6 Å². The Morgan fingerprint density at radius 3 is 3.00 bits per heavy atom. The van der Waals surface area contributed by atoms with Crippen molar-refractivity contribution in [2.75, 3.05) is 20.1 Å². The molecule has 6 heteroatoms. The average molecular weight is 335 g/mol. The van der Waals surface area contributed by atoms with Crippen LogP contribution in [0.5, 0.6) is 5.75 Å².